The predicted molar refractivity (Wildman–Crippen MR) is 63.1 cm³/mol. The first kappa shape index (κ1) is 12.2. The highest BCUT2D eigenvalue weighted by atomic mass is 79.9. The Morgan fingerprint density at radius 2 is 2.41 bits per heavy atom. The molecule has 5 heteroatoms. The number of halogens is 1. The Bertz CT molecular complexity index is 475. The lowest BCUT2D eigenvalue weighted by atomic mass is 9.97. The van der Waals surface area contributed by atoms with Gasteiger partial charge in [-0.05, 0) is 28.9 Å². The van der Waals surface area contributed by atoms with Crippen molar-refractivity contribution in [2.24, 2.45) is 0 Å². The number of rotatable bonds is 3. The van der Waals surface area contributed by atoms with E-state index in [1.165, 1.54) is 0 Å². The molecule has 0 N–H and O–H groups in total. The van der Waals surface area contributed by atoms with E-state index in [0.717, 1.165) is 4.47 Å². The van der Waals surface area contributed by atoms with Crippen molar-refractivity contribution in [3.8, 4) is 0 Å². The fourth-order valence-electron chi connectivity index (χ4n) is 1.81. The molecule has 90 valence electrons. The highest BCUT2D eigenvalue weighted by molar-refractivity contribution is 9.10. The summed E-state index contributed by atoms with van der Waals surface area (Å²) in [5.74, 6) is -0.369. The summed E-state index contributed by atoms with van der Waals surface area (Å²) in [5, 5.41) is 0. The highest BCUT2D eigenvalue weighted by Crippen LogP contribution is 2.27. The molecule has 0 amide bonds. The maximum absolute atomic E-state index is 12.1. The van der Waals surface area contributed by atoms with Crippen molar-refractivity contribution in [1.29, 1.82) is 0 Å². The standard InChI is InChI=1S/C12H13BrNO3/c1-12(5-4-11(16)17-12)10(15)8-14-6-2-3-9(13)7-14/h2-3,6-7H,4-5,8H2,1H3/q+1. The highest BCUT2D eigenvalue weighted by Gasteiger charge is 2.43. The minimum atomic E-state index is -0.952. The number of aromatic nitrogens is 1. The van der Waals surface area contributed by atoms with Crippen molar-refractivity contribution in [2.75, 3.05) is 0 Å². The van der Waals surface area contributed by atoms with Gasteiger partial charge in [-0.3, -0.25) is 9.59 Å². The Labute approximate surface area is 108 Å². The van der Waals surface area contributed by atoms with E-state index in [0.29, 0.717) is 12.8 Å². The molecule has 0 radical (unpaired) electrons. The SMILES string of the molecule is CC1(C(=O)C[n+]2cccc(Br)c2)CCC(=O)O1. The van der Waals surface area contributed by atoms with Crippen LogP contribution in [0, 0.1) is 0 Å². The third-order valence-corrected chi connectivity index (χ3v) is 3.35. The number of nitrogens with zero attached hydrogens (tertiary/aromatic N) is 1. The molecule has 0 saturated carbocycles. The van der Waals surface area contributed by atoms with Crippen LogP contribution in [0.3, 0.4) is 0 Å². The summed E-state index contributed by atoms with van der Waals surface area (Å²) >= 11 is 3.34. The molecule has 1 atom stereocenters. The molecule has 0 aliphatic carbocycles. The lowest BCUT2D eigenvalue weighted by Crippen LogP contribution is -2.46. The number of carbonyl (C=O) groups is 2. The minimum absolute atomic E-state index is 0.0774. The Kier molecular flexibility index (Phi) is 3.28. The molecular weight excluding hydrogens is 286 g/mol. The third kappa shape index (κ3) is 2.72. The van der Waals surface area contributed by atoms with Gasteiger partial charge in [0.2, 0.25) is 12.3 Å². The van der Waals surface area contributed by atoms with Crippen LogP contribution in [-0.2, 0) is 20.9 Å². The number of hydrogen-bond donors (Lipinski definition) is 0. The van der Waals surface area contributed by atoms with E-state index in [1.807, 2.05) is 24.5 Å². The molecule has 0 spiro atoms. The summed E-state index contributed by atoms with van der Waals surface area (Å²) in [6.07, 6.45) is 4.42. The number of Topliss-reactive ketones (excluding diaryl/α,β-unsaturated/α-hetero) is 1. The van der Waals surface area contributed by atoms with E-state index in [9.17, 15) is 9.59 Å². The molecule has 1 aliphatic heterocycles. The van der Waals surface area contributed by atoms with Gasteiger partial charge in [0, 0.05) is 18.9 Å². The molecule has 1 aromatic heterocycles. The predicted octanol–water partition coefficient (Wildman–Crippen LogP) is 1.40. The number of ether oxygens (including phenoxy) is 1. The van der Waals surface area contributed by atoms with Crippen LogP contribution in [-0.4, -0.2) is 17.4 Å². The number of cyclic esters (lactones) is 1. The molecular formula is C12H13BrNO3+. The average molecular weight is 299 g/mol. The van der Waals surface area contributed by atoms with Crippen molar-refractivity contribution < 1.29 is 18.9 Å². The van der Waals surface area contributed by atoms with Crippen molar-refractivity contribution in [1.82, 2.24) is 0 Å². The first-order chi connectivity index (χ1) is 7.99. The van der Waals surface area contributed by atoms with Crippen molar-refractivity contribution in [3.63, 3.8) is 0 Å². The smallest absolute Gasteiger partial charge is 0.306 e. The number of pyridine rings is 1. The maximum atomic E-state index is 12.1. The largest absolute Gasteiger partial charge is 0.451 e. The van der Waals surface area contributed by atoms with E-state index >= 15 is 0 Å². The van der Waals surface area contributed by atoms with Crippen LogP contribution >= 0.6 is 15.9 Å². The molecule has 1 aromatic rings. The van der Waals surface area contributed by atoms with Crippen LogP contribution < -0.4 is 4.57 Å². The number of carbonyl (C=O) groups excluding carboxylic acids is 2. The van der Waals surface area contributed by atoms with Gasteiger partial charge in [0.1, 0.15) is 0 Å². The molecule has 4 nitrogen and oxygen atoms in total. The van der Waals surface area contributed by atoms with Crippen molar-refractivity contribution in [3.05, 3.63) is 29.0 Å². The molecule has 0 bridgehead atoms. The molecule has 1 aliphatic rings. The number of hydrogen-bond acceptors (Lipinski definition) is 3. The van der Waals surface area contributed by atoms with Gasteiger partial charge < -0.3 is 4.74 Å². The zero-order chi connectivity index (χ0) is 12.5. The number of ketones is 1. The average Bonchev–Trinajstić information content (AvgIpc) is 2.60. The quantitative estimate of drug-likeness (QED) is 0.626. The second-order valence-corrected chi connectivity index (χ2v) is 5.24. The third-order valence-electron chi connectivity index (χ3n) is 2.88. The van der Waals surface area contributed by atoms with E-state index in [1.54, 1.807) is 11.5 Å². The normalized spacial score (nSPS) is 23.5. The molecule has 2 rings (SSSR count). The van der Waals surface area contributed by atoms with E-state index < -0.39 is 5.60 Å². The Balaban J connectivity index is 2.09. The Morgan fingerprint density at radius 3 is 3.00 bits per heavy atom. The summed E-state index contributed by atoms with van der Waals surface area (Å²) in [6, 6.07) is 3.73. The Hall–Kier alpha value is -1.23. The molecule has 0 aromatic carbocycles. The lowest BCUT2D eigenvalue weighted by molar-refractivity contribution is -0.685. The first-order valence-electron chi connectivity index (χ1n) is 5.39. The summed E-state index contributed by atoms with van der Waals surface area (Å²) in [5.41, 5.74) is -0.952. The second kappa shape index (κ2) is 4.56. The van der Waals surface area contributed by atoms with Gasteiger partial charge in [-0.15, -0.1) is 0 Å². The second-order valence-electron chi connectivity index (χ2n) is 4.32. The van der Waals surface area contributed by atoms with Gasteiger partial charge in [0.05, 0.1) is 4.47 Å². The van der Waals surface area contributed by atoms with Gasteiger partial charge in [-0.1, -0.05) is 0 Å². The van der Waals surface area contributed by atoms with Crippen LogP contribution in [0.25, 0.3) is 0 Å². The molecule has 2 heterocycles. The molecule has 1 saturated heterocycles. The molecule has 17 heavy (non-hydrogen) atoms. The minimum Gasteiger partial charge on any atom is -0.451 e. The van der Waals surface area contributed by atoms with Crippen molar-refractivity contribution in [2.45, 2.75) is 31.9 Å². The van der Waals surface area contributed by atoms with Crippen LogP contribution in [0.15, 0.2) is 29.0 Å². The summed E-state index contributed by atoms with van der Waals surface area (Å²) < 4.78 is 7.77. The van der Waals surface area contributed by atoms with Crippen molar-refractivity contribution >= 4 is 27.7 Å². The van der Waals surface area contributed by atoms with Crippen LogP contribution in [0.1, 0.15) is 19.8 Å². The van der Waals surface area contributed by atoms with Gasteiger partial charge in [-0.25, -0.2) is 0 Å². The molecule has 1 fully saturated rings. The first-order valence-corrected chi connectivity index (χ1v) is 6.19. The number of esters is 1. The lowest BCUT2D eigenvalue weighted by Gasteiger charge is -2.18. The maximum Gasteiger partial charge on any atom is 0.306 e. The van der Waals surface area contributed by atoms with Gasteiger partial charge in [0.15, 0.2) is 18.0 Å². The van der Waals surface area contributed by atoms with E-state index in [2.05, 4.69) is 15.9 Å². The van der Waals surface area contributed by atoms with E-state index in [-0.39, 0.29) is 18.3 Å². The fourth-order valence-corrected chi connectivity index (χ4v) is 2.23. The topological polar surface area (TPSA) is 47.2 Å². The van der Waals surface area contributed by atoms with Crippen LogP contribution in [0.5, 0.6) is 0 Å². The van der Waals surface area contributed by atoms with Crippen LogP contribution in [0.2, 0.25) is 0 Å². The summed E-state index contributed by atoms with van der Waals surface area (Å²) in [4.78, 5) is 23.2. The van der Waals surface area contributed by atoms with Gasteiger partial charge in [0.25, 0.3) is 0 Å². The monoisotopic (exact) mass is 298 g/mol. The zero-order valence-corrected chi connectivity index (χ0v) is 11.1. The van der Waals surface area contributed by atoms with E-state index in [4.69, 9.17) is 4.74 Å². The molecule has 1 unspecified atom stereocenters. The summed E-state index contributed by atoms with van der Waals surface area (Å²) in [7, 11) is 0. The zero-order valence-electron chi connectivity index (χ0n) is 9.48. The van der Waals surface area contributed by atoms with Gasteiger partial charge in [-0.2, -0.15) is 4.57 Å². The Morgan fingerprint density at radius 1 is 1.65 bits per heavy atom. The van der Waals surface area contributed by atoms with Gasteiger partial charge >= 0.3 is 5.97 Å². The fraction of sp³-hybridized carbons (Fsp3) is 0.417. The summed E-state index contributed by atoms with van der Waals surface area (Å²) in [6.45, 7) is 1.89. The van der Waals surface area contributed by atoms with Crippen LogP contribution in [0.4, 0.5) is 0 Å².